The predicted molar refractivity (Wildman–Crippen MR) is 113 cm³/mol. The maximum atomic E-state index is 13.5. The fourth-order valence-electron chi connectivity index (χ4n) is 3.11. The molecule has 0 aliphatic carbocycles. The molecule has 0 radical (unpaired) electrons. The highest BCUT2D eigenvalue weighted by Gasteiger charge is 2.25. The van der Waals surface area contributed by atoms with Crippen molar-refractivity contribution in [1.82, 2.24) is 4.98 Å². The van der Waals surface area contributed by atoms with Crippen molar-refractivity contribution in [3.63, 3.8) is 0 Å². The third-order valence-electron chi connectivity index (χ3n) is 4.50. The molecule has 0 atom stereocenters. The van der Waals surface area contributed by atoms with Gasteiger partial charge in [-0.15, -0.1) is 0 Å². The van der Waals surface area contributed by atoms with E-state index in [0.717, 1.165) is 15.9 Å². The number of hydrogen-bond acceptors (Lipinski definition) is 5. The minimum absolute atomic E-state index is 0.187. The average Bonchev–Trinajstić information content (AvgIpc) is 2.77. The van der Waals surface area contributed by atoms with E-state index in [1.807, 2.05) is 42.5 Å². The second-order valence-corrected chi connectivity index (χ2v) is 7.31. The van der Waals surface area contributed by atoms with Crippen LogP contribution in [0.1, 0.15) is 16.1 Å². The number of hydrogen-bond donors (Lipinski definition) is 0. The fraction of sp³-hybridized carbons (Fsp3) is 0.182. The Morgan fingerprint density at radius 1 is 1.14 bits per heavy atom. The van der Waals surface area contributed by atoms with Gasteiger partial charge in [-0.25, -0.2) is 0 Å². The van der Waals surface area contributed by atoms with Crippen molar-refractivity contribution in [2.75, 3.05) is 25.2 Å². The normalized spacial score (nSPS) is 12.3. The molecule has 148 valence electrons. The molecule has 0 fully saturated rings. The zero-order chi connectivity index (χ0) is 20.2. The molecule has 1 aliphatic rings. The summed E-state index contributed by atoms with van der Waals surface area (Å²) in [5.41, 5.74) is 2.00. The number of nitrogens with zero attached hydrogens (tertiary/aromatic N) is 2. The van der Waals surface area contributed by atoms with Crippen LogP contribution in [0.3, 0.4) is 0 Å². The Morgan fingerprint density at radius 2 is 1.93 bits per heavy atom. The van der Waals surface area contributed by atoms with Crippen molar-refractivity contribution >= 4 is 27.5 Å². The molecule has 7 heteroatoms. The summed E-state index contributed by atoms with van der Waals surface area (Å²) in [6.45, 7) is 1.21. The molecule has 0 saturated carbocycles. The van der Waals surface area contributed by atoms with E-state index >= 15 is 0 Å². The molecule has 2 aromatic carbocycles. The number of ether oxygens (including phenoxy) is 3. The summed E-state index contributed by atoms with van der Waals surface area (Å²) >= 11 is 3.44. The van der Waals surface area contributed by atoms with Crippen LogP contribution in [-0.4, -0.2) is 31.2 Å². The number of carbonyl (C=O) groups excluding carboxylic acids is 1. The highest BCUT2D eigenvalue weighted by Crippen LogP contribution is 2.41. The molecule has 6 nitrogen and oxygen atoms in total. The van der Waals surface area contributed by atoms with Crippen molar-refractivity contribution < 1.29 is 19.0 Å². The summed E-state index contributed by atoms with van der Waals surface area (Å²) in [5.74, 6) is 1.31. The number of pyridine rings is 1. The first-order valence-electron chi connectivity index (χ1n) is 9.10. The first-order chi connectivity index (χ1) is 14.2. The van der Waals surface area contributed by atoms with Crippen molar-refractivity contribution in [3.8, 4) is 17.2 Å². The van der Waals surface area contributed by atoms with E-state index in [2.05, 4.69) is 20.9 Å². The summed E-state index contributed by atoms with van der Waals surface area (Å²) in [5, 5.41) is 0. The van der Waals surface area contributed by atoms with Gasteiger partial charge in [0.15, 0.2) is 11.5 Å². The summed E-state index contributed by atoms with van der Waals surface area (Å²) in [6.07, 6.45) is 1.71. The quantitative estimate of drug-likeness (QED) is 0.568. The number of carbonyl (C=O) groups is 1. The number of methoxy groups -OCH3 is 1. The van der Waals surface area contributed by atoms with Crippen LogP contribution in [0.2, 0.25) is 0 Å². The minimum atomic E-state index is -0.187. The minimum Gasteiger partial charge on any atom is -0.493 e. The lowest BCUT2D eigenvalue weighted by atomic mass is 10.1. The molecule has 1 amide bonds. The van der Waals surface area contributed by atoms with Gasteiger partial charge < -0.3 is 19.1 Å². The number of rotatable bonds is 5. The van der Waals surface area contributed by atoms with Crippen LogP contribution < -0.4 is 19.1 Å². The van der Waals surface area contributed by atoms with E-state index in [0.29, 0.717) is 42.6 Å². The van der Waals surface area contributed by atoms with Gasteiger partial charge in [-0.3, -0.25) is 9.78 Å². The van der Waals surface area contributed by atoms with Crippen LogP contribution in [0.5, 0.6) is 17.2 Å². The lowest BCUT2D eigenvalue weighted by Gasteiger charge is -2.25. The van der Waals surface area contributed by atoms with Gasteiger partial charge in [0, 0.05) is 21.9 Å². The molecule has 3 aromatic rings. The van der Waals surface area contributed by atoms with E-state index < -0.39 is 0 Å². The number of halogens is 1. The van der Waals surface area contributed by atoms with E-state index in [1.54, 1.807) is 30.3 Å². The van der Waals surface area contributed by atoms with Crippen LogP contribution in [0.15, 0.2) is 65.3 Å². The Kier molecular flexibility index (Phi) is 5.67. The van der Waals surface area contributed by atoms with Gasteiger partial charge in [-0.05, 0) is 48.5 Å². The molecule has 1 aromatic heterocycles. The van der Waals surface area contributed by atoms with Crippen molar-refractivity contribution in [2.45, 2.75) is 6.54 Å². The molecule has 0 N–H and O–H groups in total. The van der Waals surface area contributed by atoms with Gasteiger partial charge in [-0.1, -0.05) is 22.0 Å². The van der Waals surface area contributed by atoms with Crippen LogP contribution in [-0.2, 0) is 6.54 Å². The fourth-order valence-corrected chi connectivity index (χ4v) is 3.37. The molecule has 0 bridgehead atoms. The highest BCUT2D eigenvalue weighted by molar-refractivity contribution is 9.10. The Bertz CT molecular complexity index is 992. The maximum absolute atomic E-state index is 13.5. The molecule has 4 rings (SSSR count). The number of anilines is 1. The molecule has 1 aliphatic heterocycles. The van der Waals surface area contributed by atoms with Gasteiger partial charge in [0.1, 0.15) is 13.2 Å². The molecule has 29 heavy (non-hydrogen) atoms. The zero-order valence-electron chi connectivity index (χ0n) is 15.8. The van der Waals surface area contributed by atoms with Crippen molar-refractivity contribution in [1.29, 1.82) is 0 Å². The molecular weight excluding hydrogens is 436 g/mol. The standard InChI is InChI=1S/C22H19BrN2O4/c1-27-19-12-15(13-20-21(19)29-11-10-28-20)22(26)25(14-17-4-2-3-9-24-17)18-7-5-16(23)6-8-18/h2-9,12-13H,10-11,14H2,1H3. The largest absolute Gasteiger partial charge is 0.493 e. The average molecular weight is 455 g/mol. The van der Waals surface area contributed by atoms with Gasteiger partial charge in [0.25, 0.3) is 5.91 Å². The second kappa shape index (κ2) is 8.53. The third-order valence-corrected chi connectivity index (χ3v) is 5.03. The lowest BCUT2D eigenvalue weighted by molar-refractivity contribution is 0.0983. The summed E-state index contributed by atoms with van der Waals surface area (Å²) in [7, 11) is 1.54. The third kappa shape index (κ3) is 4.19. The highest BCUT2D eigenvalue weighted by atomic mass is 79.9. The molecule has 0 saturated heterocycles. The van der Waals surface area contributed by atoms with Crippen LogP contribution >= 0.6 is 15.9 Å². The van der Waals surface area contributed by atoms with Crippen LogP contribution in [0.4, 0.5) is 5.69 Å². The van der Waals surface area contributed by atoms with E-state index in [-0.39, 0.29) is 5.91 Å². The Morgan fingerprint density at radius 3 is 2.66 bits per heavy atom. The molecule has 2 heterocycles. The Hall–Kier alpha value is -3.06. The summed E-state index contributed by atoms with van der Waals surface area (Å²) in [6, 6.07) is 16.6. The topological polar surface area (TPSA) is 60.9 Å². The zero-order valence-corrected chi connectivity index (χ0v) is 17.4. The van der Waals surface area contributed by atoms with Gasteiger partial charge >= 0.3 is 0 Å². The molecule has 0 spiro atoms. The summed E-state index contributed by atoms with van der Waals surface area (Å²) < 4.78 is 17.7. The van der Waals surface area contributed by atoms with E-state index in [9.17, 15) is 4.79 Å². The first kappa shape index (κ1) is 19.3. The number of aromatic nitrogens is 1. The van der Waals surface area contributed by atoms with Crippen molar-refractivity contribution in [3.05, 3.63) is 76.5 Å². The lowest BCUT2D eigenvalue weighted by Crippen LogP contribution is -2.31. The predicted octanol–water partition coefficient (Wildman–Crippen LogP) is 4.47. The number of benzene rings is 2. The smallest absolute Gasteiger partial charge is 0.258 e. The number of fused-ring (bicyclic) bond motifs is 1. The van der Waals surface area contributed by atoms with E-state index in [1.165, 1.54) is 0 Å². The Balaban J connectivity index is 1.74. The second-order valence-electron chi connectivity index (χ2n) is 6.39. The van der Waals surface area contributed by atoms with Gasteiger partial charge in [0.2, 0.25) is 5.75 Å². The first-order valence-corrected chi connectivity index (χ1v) is 9.90. The van der Waals surface area contributed by atoms with Crippen LogP contribution in [0.25, 0.3) is 0 Å². The molecule has 0 unspecified atom stereocenters. The van der Waals surface area contributed by atoms with Gasteiger partial charge in [-0.2, -0.15) is 0 Å². The van der Waals surface area contributed by atoms with Crippen LogP contribution in [0, 0.1) is 0 Å². The molecular formula is C22H19BrN2O4. The Labute approximate surface area is 177 Å². The monoisotopic (exact) mass is 454 g/mol. The van der Waals surface area contributed by atoms with E-state index in [4.69, 9.17) is 14.2 Å². The SMILES string of the molecule is COc1cc(C(=O)N(Cc2ccccn2)c2ccc(Br)cc2)cc2c1OCCO2. The van der Waals surface area contributed by atoms with Crippen molar-refractivity contribution in [2.24, 2.45) is 0 Å². The number of amides is 1. The summed E-state index contributed by atoms with van der Waals surface area (Å²) in [4.78, 5) is 19.6. The van der Waals surface area contributed by atoms with Gasteiger partial charge in [0.05, 0.1) is 19.3 Å². The maximum Gasteiger partial charge on any atom is 0.258 e.